The van der Waals surface area contributed by atoms with Gasteiger partial charge in [0.25, 0.3) is 0 Å². The van der Waals surface area contributed by atoms with E-state index in [-0.39, 0.29) is 12.4 Å². The molecule has 1 aromatic heterocycles. The number of hydrogen-bond donors (Lipinski definition) is 2. The van der Waals surface area contributed by atoms with E-state index in [2.05, 4.69) is 72.3 Å². The zero-order valence-electron chi connectivity index (χ0n) is 15.6. The van der Waals surface area contributed by atoms with Gasteiger partial charge in [-0.25, -0.2) is 0 Å². The van der Waals surface area contributed by atoms with Crippen LogP contribution in [0.1, 0.15) is 11.3 Å². The molecule has 3 nitrogen and oxygen atoms in total. The number of halogens is 1. The molecule has 0 bridgehead atoms. The number of nitrogens with zero attached hydrogens (tertiary/aromatic N) is 1. The van der Waals surface area contributed by atoms with Crippen LogP contribution < -0.4 is 17.7 Å². The number of fused-ring (bicyclic) bond motifs is 2. The fourth-order valence-electron chi connectivity index (χ4n) is 3.72. The highest BCUT2D eigenvalue weighted by Gasteiger charge is 2.14. The second-order valence-corrected chi connectivity index (χ2v) is 6.90. The monoisotopic (exact) mass is 379 g/mol. The second kappa shape index (κ2) is 8.03. The molecule has 2 N–H and O–H groups in total. The first-order valence-corrected chi connectivity index (χ1v) is 9.09. The van der Waals surface area contributed by atoms with Crippen LogP contribution in [0.25, 0.3) is 21.7 Å². The maximum Gasteiger partial charge on any atom is 0.0891 e. The lowest BCUT2D eigenvalue weighted by atomic mass is 10.1. The molecular weight excluding hydrogens is 356 g/mol. The van der Waals surface area contributed by atoms with Crippen LogP contribution in [-0.4, -0.2) is 22.3 Å². The molecule has 1 unspecified atom stereocenters. The number of hydrogen-bond acceptors (Lipinski definition) is 2. The first-order chi connectivity index (χ1) is 12.6. The Morgan fingerprint density at radius 1 is 0.889 bits per heavy atom. The van der Waals surface area contributed by atoms with Crippen molar-refractivity contribution >= 4 is 27.4 Å². The van der Waals surface area contributed by atoms with Crippen molar-refractivity contribution in [2.24, 2.45) is 0 Å². The summed E-state index contributed by atoms with van der Waals surface area (Å²) in [7, 11) is 0. The summed E-state index contributed by atoms with van der Waals surface area (Å²) in [6.07, 6.45) is -0.470. The predicted octanol–water partition coefficient (Wildman–Crippen LogP) is 1.89. The fourth-order valence-corrected chi connectivity index (χ4v) is 3.72. The van der Waals surface area contributed by atoms with Crippen LogP contribution in [0.4, 0.5) is 5.69 Å². The highest BCUT2D eigenvalue weighted by atomic mass is 35.5. The van der Waals surface area contributed by atoms with E-state index in [1.54, 1.807) is 0 Å². The summed E-state index contributed by atoms with van der Waals surface area (Å²) >= 11 is 0. The van der Waals surface area contributed by atoms with Gasteiger partial charge in [-0.3, -0.25) is 0 Å². The predicted molar refractivity (Wildman–Crippen MR) is 110 cm³/mol. The Hall–Kier alpha value is -2.49. The molecule has 27 heavy (non-hydrogen) atoms. The van der Waals surface area contributed by atoms with Gasteiger partial charge in [0.05, 0.1) is 12.6 Å². The molecular formula is C23H24ClN2O-. The molecule has 4 aromatic rings. The Kier molecular flexibility index (Phi) is 5.73. The lowest BCUT2D eigenvalue weighted by Gasteiger charge is -2.17. The molecule has 1 atom stereocenters. The van der Waals surface area contributed by atoms with Crippen LogP contribution in [-0.2, 0) is 6.54 Å². The number of nitrogens with one attached hydrogen (secondary N) is 1. The molecule has 0 aliphatic rings. The summed E-state index contributed by atoms with van der Waals surface area (Å²) in [4.78, 5) is 0. The van der Waals surface area contributed by atoms with E-state index in [1.807, 2.05) is 18.2 Å². The van der Waals surface area contributed by atoms with E-state index >= 15 is 0 Å². The first-order valence-electron chi connectivity index (χ1n) is 9.09. The van der Waals surface area contributed by atoms with E-state index in [0.717, 1.165) is 5.69 Å². The molecule has 140 valence electrons. The SMILES string of the molecule is Cc1c(C)n(CC(O)CNc2cccc3ccccc23)c2ccccc12.[Cl-]. The van der Waals surface area contributed by atoms with Gasteiger partial charge < -0.3 is 27.4 Å². The second-order valence-electron chi connectivity index (χ2n) is 6.90. The minimum atomic E-state index is -0.470. The molecule has 0 amide bonds. The van der Waals surface area contributed by atoms with Gasteiger partial charge >= 0.3 is 0 Å². The Labute approximate surface area is 166 Å². The van der Waals surface area contributed by atoms with Crippen LogP contribution in [0.15, 0.2) is 66.7 Å². The van der Waals surface area contributed by atoms with E-state index in [1.165, 1.54) is 32.9 Å². The molecule has 0 radical (unpaired) electrons. The third-order valence-electron chi connectivity index (χ3n) is 5.26. The van der Waals surface area contributed by atoms with Gasteiger partial charge in [-0.15, -0.1) is 0 Å². The Morgan fingerprint density at radius 3 is 2.37 bits per heavy atom. The molecule has 1 heterocycles. The van der Waals surface area contributed by atoms with Crippen molar-refractivity contribution in [2.45, 2.75) is 26.5 Å². The average molecular weight is 380 g/mol. The normalized spacial score (nSPS) is 12.1. The zero-order valence-corrected chi connectivity index (χ0v) is 16.4. The van der Waals surface area contributed by atoms with Crippen molar-refractivity contribution in [1.82, 2.24) is 4.57 Å². The standard InChI is InChI=1S/C23H24N2O.ClH/c1-16-17(2)25(23-13-6-5-10-20(16)23)15-19(26)14-24-22-12-7-9-18-8-3-4-11-21(18)22;/h3-13,19,24,26H,14-15H2,1-2H3;1H/p-1. The molecule has 0 saturated heterocycles. The molecule has 4 heteroatoms. The van der Waals surface area contributed by atoms with Crippen molar-refractivity contribution in [3.63, 3.8) is 0 Å². The van der Waals surface area contributed by atoms with Crippen LogP contribution in [0.2, 0.25) is 0 Å². The lowest BCUT2D eigenvalue weighted by Crippen LogP contribution is -3.00. The highest BCUT2D eigenvalue weighted by Crippen LogP contribution is 2.26. The van der Waals surface area contributed by atoms with Crippen LogP contribution in [0.3, 0.4) is 0 Å². The Morgan fingerprint density at radius 2 is 1.56 bits per heavy atom. The number of aryl methyl sites for hydroxylation is 1. The van der Waals surface area contributed by atoms with Crippen LogP contribution >= 0.6 is 0 Å². The van der Waals surface area contributed by atoms with E-state index < -0.39 is 6.10 Å². The van der Waals surface area contributed by atoms with Gasteiger partial charge in [-0.2, -0.15) is 0 Å². The maximum absolute atomic E-state index is 10.6. The largest absolute Gasteiger partial charge is 1.00 e. The Bertz CT molecular complexity index is 1070. The smallest absolute Gasteiger partial charge is 0.0891 e. The van der Waals surface area contributed by atoms with Crippen molar-refractivity contribution in [1.29, 1.82) is 0 Å². The molecule has 0 fully saturated rings. The van der Waals surface area contributed by atoms with Gasteiger partial charge in [0.2, 0.25) is 0 Å². The minimum absolute atomic E-state index is 0. The van der Waals surface area contributed by atoms with E-state index in [4.69, 9.17) is 0 Å². The van der Waals surface area contributed by atoms with Crippen molar-refractivity contribution < 1.29 is 17.5 Å². The van der Waals surface area contributed by atoms with Gasteiger partial charge in [0.15, 0.2) is 0 Å². The summed E-state index contributed by atoms with van der Waals surface area (Å²) in [5.41, 5.74) is 4.75. The number of benzene rings is 3. The zero-order chi connectivity index (χ0) is 18.1. The Balaban J connectivity index is 0.00000210. The first kappa shape index (κ1) is 19.3. The quantitative estimate of drug-likeness (QED) is 0.555. The third-order valence-corrected chi connectivity index (χ3v) is 5.26. The summed E-state index contributed by atoms with van der Waals surface area (Å²) in [6.45, 7) is 5.37. The summed E-state index contributed by atoms with van der Waals surface area (Å²) in [5, 5.41) is 17.7. The van der Waals surface area contributed by atoms with Gasteiger partial charge in [-0.05, 0) is 36.9 Å². The van der Waals surface area contributed by atoms with Gasteiger partial charge in [0.1, 0.15) is 0 Å². The van der Waals surface area contributed by atoms with Crippen molar-refractivity contribution in [3.05, 3.63) is 78.0 Å². The maximum atomic E-state index is 10.6. The topological polar surface area (TPSA) is 37.2 Å². The molecule has 4 rings (SSSR count). The van der Waals surface area contributed by atoms with E-state index in [0.29, 0.717) is 13.1 Å². The van der Waals surface area contributed by atoms with Crippen LogP contribution in [0.5, 0.6) is 0 Å². The number of rotatable bonds is 5. The van der Waals surface area contributed by atoms with E-state index in [9.17, 15) is 5.11 Å². The number of anilines is 1. The van der Waals surface area contributed by atoms with Gasteiger partial charge in [-0.1, -0.05) is 54.6 Å². The summed E-state index contributed by atoms with van der Waals surface area (Å²) in [6, 6.07) is 22.9. The molecule has 0 spiro atoms. The summed E-state index contributed by atoms with van der Waals surface area (Å²) in [5.74, 6) is 0. The molecule has 0 aliphatic heterocycles. The molecule has 3 aromatic carbocycles. The number of aromatic nitrogens is 1. The third kappa shape index (κ3) is 3.66. The average Bonchev–Trinajstić information content (AvgIpc) is 2.91. The van der Waals surface area contributed by atoms with Gasteiger partial charge in [0, 0.05) is 34.2 Å². The highest BCUT2D eigenvalue weighted by molar-refractivity contribution is 5.93. The summed E-state index contributed by atoms with van der Waals surface area (Å²) < 4.78 is 2.22. The number of aliphatic hydroxyl groups is 1. The van der Waals surface area contributed by atoms with Crippen molar-refractivity contribution in [3.8, 4) is 0 Å². The minimum Gasteiger partial charge on any atom is -1.00 e. The molecule has 0 aliphatic carbocycles. The molecule has 0 saturated carbocycles. The van der Waals surface area contributed by atoms with Crippen LogP contribution in [0, 0.1) is 13.8 Å². The number of aliphatic hydroxyl groups excluding tert-OH is 1. The fraction of sp³-hybridized carbons (Fsp3) is 0.217. The lowest BCUT2D eigenvalue weighted by molar-refractivity contribution is -0.00000722. The number of para-hydroxylation sites is 1. The van der Waals surface area contributed by atoms with Crippen molar-refractivity contribution in [2.75, 3.05) is 11.9 Å².